The van der Waals surface area contributed by atoms with Crippen LogP contribution in [0.4, 0.5) is 22.9 Å². The molecule has 0 bridgehead atoms. The van der Waals surface area contributed by atoms with Gasteiger partial charge < -0.3 is 10.2 Å². The quantitative estimate of drug-likeness (QED) is 0.273. The normalized spacial score (nSPS) is 15.6. The zero-order valence-electron chi connectivity index (χ0n) is 22.1. The van der Waals surface area contributed by atoms with Crippen LogP contribution in [-0.4, -0.2) is 21.5 Å². The van der Waals surface area contributed by atoms with E-state index in [0.717, 1.165) is 45.7 Å². The first kappa shape index (κ1) is 23.2. The standard InChI is InChI=1S/C33H28N6/c1-21-18-19-25(20-22(21)2)34-31-33-36-32-29(23(3)37-39(32)26-14-8-5-9-15-26)30(24-12-6-4-7-13-24)38(33)28-17-11-10-16-27(28)35-31/h4-20,30H,1-3H3,(H,34,35)/t30-/m1/s1. The van der Waals surface area contributed by atoms with E-state index < -0.39 is 0 Å². The molecule has 4 aromatic carbocycles. The van der Waals surface area contributed by atoms with Crippen LogP contribution in [0.2, 0.25) is 0 Å². The van der Waals surface area contributed by atoms with Gasteiger partial charge in [-0.05, 0) is 73.9 Å². The van der Waals surface area contributed by atoms with Crippen molar-refractivity contribution in [1.82, 2.24) is 9.78 Å². The molecule has 2 aliphatic rings. The van der Waals surface area contributed by atoms with Gasteiger partial charge in [-0.2, -0.15) is 5.10 Å². The first-order valence-electron chi connectivity index (χ1n) is 13.2. The molecule has 2 aliphatic heterocycles. The van der Waals surface area contributed by atoms with E-state index in [4.69, 9.17) is 15.1 Å². The molecule has 1 N–H and O–H groups in total. The number of nitrogens with zero attached hydrogens (tertiary/aromatic N) is 5. The van der Waals surface area contributed by atoms with Crippen LogP contribution in [0.3, 0.4) is 0 Å². The molecule has 0 spiro atoms. The van der Waals surface area contributed by atoms with Crippen molar-refractivity contribution in [3.8, 4) is 5.69 Å². The molecule has 0 saturated heterocycles. The Hall–Kier alpha value is -4.97. The number of anilines is 2. The molecule has 6 nitrogen and oxygen atoms in total. The molecule has 7 rings (SSSR count). The molecule has 190 valence electrons. The Morgan fingerprint density at radius 2 is 1.44 bits per heavy atom. The summed E-state index contributed by atoms with van der Waals surface area (Å²) in [7, 11) is 0. The number of aryl methyl sites for hydroxylation is 3. The molecule has 0 aliphatic carbocycles. The summed E-state index contributed by atoms with van der Waals surface area (Å²) in [5, 5.41) is 8.61. The van der Waals surface area contributed by atoms with Crippen molar-refractivity contribution in [2.24, 2.45) is 9.98 Å². The summed E-state index contributed by atoms with van der Waals surface area (Å²) in [6.07, 6.45) is 0. The smallest absolute Gasteiger partial charge is 0.179 e. The Balaban J connectivity index is 1.49. The van der Waals surface area contributed by atoms with Crippen molar-refractivity contribution in [2.45, 2.75) is 26.8 Å². The molecule has 39 heavy (non-hydrogen) atoms. The number of nitrogens with one attached hydrogen (secondary N) is 1. The molecule has 1 atom stereocenters. The highest BCUT2D eigenvalue weighted by Crippen LogP contribution is 2.48. The maximum absolute atomic E-state index is 5.31. The van der Waals surface area contributed by atoms with Crippen molar-refractivity contribution >= 4 is 34.6 Å². The lowest BCUT2D eigenvalue weighted by Gasteiger charge is -2.40. The number of hydrogen-bond donors (Lipinski definition) is 1. The third-order valence-electron chi connectivity index (χ3n) is 7.52. The molecule has 0 amide bonds. The number of hydrogen-bond acceptors (Lipinski definition) is 5. The topological polar surface area (TPSA) is 57.8 Å². The first-order chi connectivity index (χ1) is 19.1. The van der Waals surface area contributed by atoms with E-state index in [9.17, 15) is 0 Å². The van der Waals surface area contributed by atoms with Gasteiger partial charge in [0.25, 0.3) is 0 Å². The second-order valence-corrected chi connectivity index (χ2v) is 10.1. The van der Waals surface area contributed by atoms with E-state index in [2.05, 4.69) is 110 Å². The lowest BCUT2D eigenvalue weighted by Crippen LogP contribution is -2.46. The number of aliphatic imine (C=N–C) groups is 2. The fraction of sp³-hybridized carbons (Fsp3) is 0.121. The summed E-state index contributed by atoms with van der Waals surface area (Å²) in [4.78, 5) is 12.7. The molecule has 0 saturated carbocycles. The maximum atomic E-state index is 5.31. The average molecular weight is 509 g/mol. The van der Waals surface area contributed by atoms with Gasteiger partial charge in [0.05, 0.1) is 28.8 Å². The SMILES string of the molecule is Cc1ccc(NC2=Nc3ccccc3N3C2=Nc2c(c(C)nn2-c2ccccc2)[C@H]3c2ccccc2)cc1C. The van der Waals surface area contributed by atoms with Crippen LogP contribution in [0.15, 0.2) is 113 Å². The number of rotatable bonds is 3. The summed E-state index contributed by atoms with van der Waals surface area (Å²) in [6, 6.07) is 35.3. The minimum atomic E-state index is -0.126. The number of benzene rings is 4. The minimum Gasteiger partial charge on any atom is -0.337 e. The molecule has 0 radical (unpaired) electrons. The molecule has 1 aromatic heterocycles. The van der Waals surface area contributed by atoms with Gasteiger partial charge in [-0.3, -0.25) is 0 Å². The van der Waals surface area contributed by atoms with Gasteiger partial charge in [-0.25, -0.2) is 14.7 Å². The lowest BCUT2D eigenvalue weighted by molar-refractivity contribution is 0.815. The Bertz CT molecular complexity index is 1770. The first-order valence-corrected chi connectivity index (χ1v) is 13.2. The van der Waals surface area contributed by atoms with E-state index >= 15 is 0 Å². The summed E-state index contributed by atoms with van der Waals surface area (Å²) >= 11 is 0. The van der Waals surface area contributed by atoms with Crippen LogP contribution >= 0.6 is 0 Å². The third-order valence-corrected chi connectivity index (χ3v) is 7.52. The Kier molecular flexibility index (Phi) is 5.40. The van der Waals surface area contributed by atoms with Gasteiger partial charge >= 0.3 is 0 Å². The summed E-state index contributed by atoms with van der Waals surface area (Å²) in [5.41, 5.74) is 9.57. The van der Waals surface area contributed by atoms with Crippen LogP contribution in [0.1, 0.15) is 34.0 Å². The third kappa shape index (κ3) is 3.84. The van der Waals surface area contributed by atoms with E-state index in [0.29, 0.717) is 5.84 Å². The van der Waals surface area contributed by atoms with E-state index in [1.807, 2.05) is 28.9 Å². The van der Waals surface area contributed by atoms with Crippen LogP contribution in [0, 0.1) is 20.8 Å². The summed E-state index contributed by atoms with van der Waals surface area (Å²) in [5.74, 6) is 2.31. The van der Waals surface area contributed by atoms with Crippen molar-refractivity contribution < 1.29 is 0 Å². The number of fused-ring (bicyclic) bond motifs is 4. The average Bonchev–Trinajstić information content (AvgIpc) is 3.31. The van der Waals surface area contributed by atoms with Crippen molar-refractivity contribution in [2.75, 3.05) is 10.2 Å². The molecular formula is C33H28N6. The Morgan fingerprint density at radius 1 is 0.718 bits per heavy atom. The van der Waals surface area contributed by atoms with Crippen molar-refractivity contribution in [3.05, 3.63) is 131 Å². The Labute approximate surface area is 228 Å². The van der Waals surface area contributed by atoms with Crippen LogP contribution in [0.25, 0.3) is 5.69 Å². The number of aromatic nitrogens is 2. The molecule has 0 unspecified atom stereocenters. The maximum Gasteiger partial charge on any atom is 0.179 e. The van der Waals surface area contributed by atoms with E-state index in [1.54, 1.807) is 0 Å². The molecule has 0 fully saturated rings. The fourth-order valence-corrected chi connectivity index (χ4v) is 5.45. The minimum absolute atomic E-state index is 0.126. The van der Waals surface area contributed by atoms with Crippen molar-refractivity contribution in [1.29, 1.82) is 0 Å². The van der Waals surface area contributed by atoms with Crippen LogP contribution in [-0.2, 0) is 0 Å². The molecular weight excluding hydrogens is 480 g/mol. The fourth-order valence-electron chi connectivity index (χ4n) is 5.45. The van der Waals surface area contributed by atoms with Gasteiger partial charge in [0.2, 0.25) is 0 Å². The zero-order chi connectivity index (χ0) is 26.5. The predicted octanol–water partition coefficient (Wildman–Crippen LogP) is 7.59. The highest BCUT2D eigenvalue weighted by atomic mass is 15.4. The number of para-hydroxylation sites is 3. The monoisotopic (exact) mass is 508 g/mol. The molecule has 5 aromatic rings. The Morgan fingerprint density at radius 3 is 2.21 bits per heavy atom. The van der Waals surface area contributed by atoms with Crippen molar-refractivity contribution in [3.63, 3.8) is 0 Å². The molecule has 3 heterocycles. The highest BCUT2D eigenvalue weighted by Gasteiger charge is 2.41. The van der Waals surface area contributed by atoms with Gasteiger partial charge in [-0.1, -0.05) is 66.7 Å². The lowest BCUT2D eigenvalue weighted by atomic mass is 9.93. The second kappa shape index (κ2) is 9.10. The highest BCUT2D eigenvalue weighted by molar-refractivity contribution is 6.51. The number of amidine groups is 2. The second-order valence-electron chi connectivity index (χ2n) is 10.1. The van der Waals surface area contributed by atoms with Gasteiger partial charge in [-0.15, -0.1) is 0 Å². The summed E-state index contributed by atoms with van der Waals surface area (Å²) in [6.45, 7) is 6.33. The van der Waals surface area contributed by atoms with Gasteiger partial charge in [0.15, 0.2) is 17.5 Å². The van der Waals surface area contributed by atoms with Crippen LogP contribution in [0.5, 0.6) is 0 Å². The van der Waals surface area contributed by atoms with E-state index in [1.165, 1.54) is 16.7 Å². The largest absolute Gasteiger partial charge is 0.337 e. The van der Waals surface area contributed by atoms with Gasteiger partial charge in [0, 0.05) is 11.3 Å². The zero-order valence-corrected chi connectivity index (χ0v) is 22.1. The van der Waals surface area contributed by atoms with Crippen LogP contribution < -0.4 is 10.2 Å². The van der Waals surface area contributed by atoms with E-state index in [-0.39, 0.29) is 6.04 Å². The predicted molar refractivity (Wildman–Crippen MR) is 159 cm³/mol. The summed E-state index contributed by atoms with van der Waals surface area (Å²) < 4.78 is 1.96. The molecule has 6 heteroatoms. The van der Waals surface area contributed by atoms with Gasteiger partial charge in [0.1, 0.15) is 0 Å².